The van der Waals surface area contributed by atoms with E-state index in [-0.39, 0.29) is 12.2 Å². The van der Waals surface area contributed by atoms with Crippen molar-refractivity contribution in [2.75, 3.05) is 5.32 Å². The fraction of sp³-hybridized carbons (Fsp3) is 0.588. The van der Waals surface area contributed by atoms with E-state index in [1.54, 1.807) is 0 Å². The number of ether oxygens (including phenoxy) is 1. The molecule has 1 rings (SSSR count). The average Bonchev–Trinajstić information content (AvgIpc) is 2.44. The molecule has 0 heterocycles. The number of hydrogen-bond acceptors (Lipinski definition) is 2. The Balaban J connectivity index is 2.34. The molecule has 0 aliphatic heterocycles. The lowest BCUT2D eigenvalue weighted by atomic mass is 10.1. The molecule has 0 spiro atoms. The fourth-order valence-corrected chi connectivity index (χ4v) is 2.20. The third-order valence-corrected chi connectivity index (χ3v) is 3.28. The van der Waals surface area contributed by atoms with Crippen LogP contribution in [0.1, 0.15) is 58.8 Å². The van der Waals surface area contributed by atoms with E-state index >= 15 is 0 Å². The highest BCUT2D eigenvalue weighted by Gasteiger charge is 2.13. The normalized spacial score (nSPS) is 11.9. The van der Waals surface area contributed by atoms with Crippen LogP contribution in [0, 0.1) is 0 Å². The molecule has 0 aliphatic carbocycles. The van der Waals surface area contributed by atoms with Crippen LogP contribution < -0.4 is 5.32 Å². The molecule has 3 nitrogen and oxygen atoms in total. The number of unbranched alkanes of at least 4 members (excludes halogenated alkanes) is 3. The number of anilines is 1. The second-order valence-corrected chi connectivity index (χ2v) is 5.16. The molecular weight excluding hydrogens is 250 g/mol. The SMILES string of the molecule is CCCCCCC(CCC)OC(=O)Nc1ccccc1. The molecule has 20 heavy (non-hydrogen) atoms. The molecule has 0 saturated heterocycles. The Kier molecular flexibility index (Phi) is 8.52. The van der Waals surface area contributed by atoms with Crippen molar-refractivity contribution in [2.45, 2.75) is 64.9 Å². The summed E-state index contributed by atoms with van der Waals surface area (Å²) in [5, 5.41) is 2.77. The Morgan fingerprint density at radius 1 is 1.05 bits per heavy atom. The van der Waals surface area contributed by atoms with Gasteiger partial charge in [-0.15, -0.1) is 0 Å². The monoisotopic (exact) mass is 277 g/mol. The van der Waals surface area contributed by atoms with Crippen LogP contribution in [0.3, 0.4) is 0 Å². The first-order valence-corrected chi connectivity index (χ1v) is 7.79. The highest BCUT2D eigenvalue weighted by molar-refractivity contribution is 5.84. The van der Waals surface area contributed by atoms with Gasteiger partial charge >= 0.3 is 6.09 Å². The molecule has 1 aromatic carbocycles. The van der Waals surface area contributed by atoms with Gasteiger partial charge in [-0.25, -0.2) is 4.79 Å². The van der Waals surface area contributed by atoms with Crippen LogP contribution in [-0.2, 0) is 4.74 Å². The molecule has 0 fully saturated rings. The van der Waals surface area contributed by atoms with Crippen LogP contribution in [0.2, 0.25) is 0 Å². The molecule has 0 saturated carbocycles. The number of nitrogens with one attached hydrogen (secondary N) is 1. The van der Waals surface area contributed by atoms with Crippen molar-refractivity contribution in [1.29, 1.82) is 0 Å². The van der Waals surface area contributed by atoms with E-state index in [9.17, 15) is 4.79 Å². The van der Waals surface area contributed by atoms with Crippen LogP contribution in [0.4, 0.5) is 10.5 Å². The molecule has 0 aliphatic rings. The fourth-order valence-electron chi connectivity index (χ4n) is 2.20. The van der Waals surface area contributed by atoms with E-state index in [4.69, 9.17) is 4.74 Å². The number of rotatable bonds is 9. The van der Waals surface area contributed by atoms with Gasteiger partial charge < -0.3 is 4.74 Å². The predicted octanol–water partition coefficient (Wildman–Crippen LogP) is 5.37. The average molecular weight is 277 g/mol. The summed E-state index contributed by atoms with van der Waals surface area (Å²) in [6.45, 7) is 4.32. The van der Waals surface area contributed by atoms with Gasteiger partial charge in [-0.2, -0.15) is 0 Å². The minimum absolute atomic E-state index is 0.0422. The summed E-state index contributed by atoms with van der Waals surface area (Å²) in [7, 11) is 0. The standard InChI is InChI=1S/C17H27NO2/c1-3-5-6-10-14-16(11-4-2)20-17(19)18-15-12-8-7-9-13-15/h7-9,12-13,16H,3-6,10-11,14H2,1-2H3,(H,18,19). The zero-order chi connectivity index (χ0) is 14.6. The first-order valence-electron chi connectivity index (χ1n) is 7.79. The van der Waals surface area contributed by atoms with Gasteiger partial charge in [-0.1, -0.05) is 57.7 Å². The van der Waals surface area contributed by atoms with Gasteiger partial charge in [0.15, 0.2) is 0 Å². The molecule has 1 unspecified atom stereocenters. The minimum Gasteiger partial charge on any atom is -0.446 e. The highest BCUT2D eigenvalue weighted by Crippen LogP contribution is 2.14. The molecule has 1 amide bonds. The first-order chi connectivity index (χ1) is 9.76. The quantitative estimate of drug-likeness (QED) is 0.616. The Hall–Kier alpha value is -1.51. The van der Waals surface area contributed by atoms with Gasteiger partial charge in [0.2, 0.25) is 0 Å². The number of amides is 1. The lowest BCUT2D eigenvalue weighted by molar-refractivity contribution is 0.0974. The van der Waals surface area contributed by atoms with Crippen LogP contribution >= 0.6 is 0 Å². The summed E-state index contributed by atoms with van der Waals surface area (Å²) in [6, 6.07) is 9.42. The Morgan fingerprint density at radius 3 is 2.45 bits per heavy atom. The molecule has 0 bridgehead atoms. The summed E-state index contributed by atoms with van der Waals surface area (Å²) >= 11 is 0. The van der Waals surface area contributed by atoms with Gasteiger partial charge in [-0.3, -0.25) is 5.32 Å². The smallest absolute Gasteiger partial charge is 0.411 e. The largest absolute Gasteiger partial charge is 0.446 e. The molecule has 112 valence electrons. The number of carbonyl (C=O) groups is 1. The second kappa shape index (κ2) is 10.3. The summed E-state index contributed by atoms with van der Waals surface area (Å²) in [4.78, 5) is 11.9. The lowest BCUT2D eigenvalue weighted by Gasteiger charge is -2.17. The van der Waals surface area contributed by atoms with Crippen LogP contribution in [0.15, 0.2) is 30.3 Å². The van der Waals surface area contributed by atoms with Crippen molar-refractivity contribution in [3.05, 3.63) is 30.3 Å². The van der Waals surface area contributed by atoms with Gasteiger partial charge in [-0.05, 0) is 31.4 Å². The van der Waals surface area contributed by atoms with Gasteiger partial charge in [0.25, 0.3) is 0 Å². The third-order valence-electron chi connectivity index (χ3n) is 3.28. The lowest BCUT2D eigenvalue weighted by Crippen LogP contribution is -2.22. The maximum atomic E-state index is 11.9. The van der Waals surface area contributed by atoms with Gasteiger partial charge in [0.05, 0.1) is 0 Å². The topological polar surface area (TPSA) is 38.3 Å². The number of carbonyl (C=O) groups excluding carboxylic acids is 1. The van der Waals surface area contributed by atoms with Crippen molar-refractivity contribution in [2.24, 2.45) is 0 Å². The maximum absolute atomic E-state index is 11.9. The predicted molar refractivity (Wildman–Crippen MR) is 84.0 cm³/mol. The van der Waals surface area contributed by atoms with Crippen molar-refractivity contribution in [3.63, 3.8) is 0 Å². The van der Waals surface area contributed by atoms with Crippen LogP contribution in [0.5, 0.6) is 0 Å². The van der Waals surface area contributed by atoms with Crippen LogP contribution in [0.25, 0.3) is 0 Å². The molecule has 0 radical (unpaired) electrons. The van der Waals surface area contributed by atoms with E-state index < -0.39 is 0 Å². The van der Waals surface area contributed by atoms with E-state index in [1.165, 1.54) is 19.3 Å². The number of hydrogen-bond donors (Lipinski definition) is 1. The zero-order valence-electron chi connectivity index (χ0n) is 12.7. The Bertz CT molecular complexity index is 365. The molecule has 1 aromatic rings. The Labute approximate surface area is 122 Å². The number of benzene rings is 1. The van der Waals surface area contributed by atoms with E-state index in [0.29, 0.717) is 0 Å². The third kappa shape index (κ3) is 7.17. The van der Waals surface area contributed by atoms with Gasteiger partial charge in [0, 0.05) is 5.69 Å². The zero-order valence-corrected chi connectivity index (χ0v) is 12.7. The number of para-hydroxylation sites is 1. The summed E-state index contributed by atoms with van der Waals surface area (Å²) in [6.07, 6.45) is 7.49. The summed E-state index contributed by atoms with van der Waals surface area (Å²) in [5.41, 5.74) is 0.777. The van der Waals surface area contributed by atoms with Crippen molar-refractivity contribution >= 4 is 11.8 Å². The highest BCUT2D eigenvalue weighted by atomic mass is 16.6. The molecule has 0 aromatic heterocycles. The summed E-state index contributed by atoms with van der Waals surface area (Å²) in [5.74, 6) is 0. The van der Waals surface area contributed by atoms with Crippen molar-refractivity contribution in [3.8, 4) is 0 Å². The van der Waals surface area contributed by atoms with E-state index in [0.717, 1.165) is 31.4 Å². The van der Waals surface area contributed by atoms with Crippen molar-refractivity contribution in [1.82, 2.24) is 0 Å². The van der Waals surface area contributed by atoms with E-state index in [2.05, 4.69) is 19.2 Å². The summed E-state index contributed by atoms with van der Waals surface area (Å²) < 4.78 is 5.53. The Morgan fingerprint density at radius 2 is 1.80 bits per heavy atom. The first kappa shape index (κ1) is 16.5. The van der Waals surface area contributed by atoms with Gasteiger partial charge in [0.1, 0.15) is 6.10 Å². The minimum atomic E-state index is -0.342. The van der Waals surface area contributed by atoms with Crippen molar-refractivity contribution < 1.29 is 9.53 Å². The molecule has 3 heteroatoms. The molecule has 1 N–H and O–H groups in total. The van der Waals surface area contributed by atoms with E-state index in [1.807, 2.05) is 30.3 Å². The molecular formula is C17H27NO2. The van der Waals surface area contributed by atoms with Crippen LogP contribution in [-0.4, -0.2) is 12.2 Å². The second-order valence-electron chi connectivity index (χ2n) is 5.16. The maximum Gasteiger partial charge on any atom is 0.411 e. The molecule has 1 atom stereocenters.